The van der Waals surface area contributed by atoms with Crippen molar-refractivity contribution in [2.24, 2.45) is 0 Å². The van der Waals surface area contributed by atoms with E-state index in [9.17, 15) is 32.3 Å². The molecule has 0 saturated carbocycles. The van der Waals surface area contributed by atoms with Gasteiger partial charge in [-0.25, -0.2) is 13.2 Å². The first kappa shape index (κ1) is 21.0. The number of halogens is 3. The van der Waals surface area contributed by atoms with E-state index >= 15 is 0 Å². The summed E-state index contributed by atoms with van der Waals surface area (Å²) in [6.45, 7) is -0.419. The van der Waals surface area contributed by atoms with Crippen LogP contribution in [0, 0.1) is 17.5 Å². The molecular weight excluding hydrogens is 403 g/mol. The fourth-order valence-electron chi connectivity index (χ4n) is 2.82. The van der Waals surface area contributed by atoms with Crippen molar-refractivity contribution in [1.29, 1.82) is 0 Å². The molecule has 2 aromatic rings. The van der Waals surface area contributed by atoms with Crippen molar-refractivity contribution in [3.8, 4) is 0 Å². The van der Waals surface area contributed by atoms with Crippen molar-refractivity contribution in [1.82, 2.24) is 10.2 Å². The predicted molar refractivity (Wildman–Crippen MR) is 98.5 cm³/mol. The Bertz CT molecular complexity index is 1010. The summed E-state index contributed by atoms with van der Waals surface area (Å²) in [5, 5.41) is 4.35. The third-order valence-electron chi connectivity index (χ3n) is 4.43. The summed E-state index contributed by atoms with van der Waals surface area (Å²) in [5.41, 5.74) is 0.315. The highest BCUT2D eigenvalue weighted by molar-refractivity contribution is 6.02. The quantitative estimate of drug-likeness (QED) is 0.554. The van der Waals surface area contributed by atoms with Gasteiger partial charge < -0.3 is 10.6 Å². The van der Waals surface area contributed by atoms with E-state index in [1.54, 1.807) is 12.1 Å². The van der Waals surface area contributed by atoms with Crippen molar-refractivity contribution < 1.29 is 32.3 Å². The van der Waals surface area contributed by atoms with Crippen LogP contribution in [0.4, 0.5) is 18.9 Å². The zero-order valence-corrected chi connectivity index (χ0v) is 15.5. The molecule has 0 unspecified atom stereocenters. The van der Waals surface area contributed by atoms with Crippen molar-refractivity contribution in [3.05, 3.63) is 65.0 Å². The molecular formula is C20H16F3N3O4. The molecule has 1 aliphatic rings. The minimum Gasteiger partial charge on any atom is -0.343 e. The van der Waals surface area contributed by atoms with Crippen LogP contribution in [0.3, 0.4) is 0 Å². The first-order valence-corrected chi connectivity index (χ1v) is 8.90. The first-order chi connectivity index (χ1) is 14.3. The Labute approximate surface area is 168 Å². The van der Waals surface area contributed by atoms with Crippen LogP contribution in [0.15, 0.2) is 36.4 Å². The van der Waals surface area contributed by atoms with Crippen molar-refractivity contribution >= 4 is 29.3 Å². The predicted octanol–water partition coefficient (Wildman–Crippen LogP) is 2.12. The lowest BCUT2D eigenvalue weighted by atomic mass is 10.1. The lowest BCUT2D eigenvalue weighted by Gasteiger charge is -2.14. The monoisotopic (exact) mass is 419 g/mol. The van der Waals surface area contributed by atoms with Gasteiger partial charge in [0, 0.05) is 18.4 Å². The lowest BCUT2D eigenvalue weighted by molar-refractivity contribution is -0.139. The maximum atomic E-state index is 13.6. The average Bonchev–Trinajstić information content (AvgIpc) is 3.05. The molecule has 2 N–H and O–H groups in total. The van der Waals surface area contributed by atoms with Gasteiger partial charge in [-0.1, -0.05) is 12.1 Å². The summed E-state index contributed by atoms with van der Waals surface area (Å²) in [4.78, 5) is 48.4. The Morgan fingerprint density at radius 2 is 1.53 bits per heavy atom. The minimum atomic E-state index is -1.71. The molecule has 1 fully saturated rings. The van der Waals surface area contributed by atoms with Crippen LogP contribution in [0.1, 0.15) is 28.8 Å². The number of carbonyl (C=O) groups excluding carboxylic acids is 4. The Morgan fingerprint density at radius 3 is 2.17 bits per heavy atom. The Kier molecular flexibility index (Phi) is 6.14. The number of amides is 4. The number of nitrogens with zero attached hydrogens (tertiary/aromatic N) is 1. The average molecular weight is 419 g/mol. The van der Waals surface area contributed by atoms with Gasteiger partial charge in [0.15, 0.2) is 17.5 Å². The maximum absolute atomic E-state index is 13.6. The summed E-state index contributed by atoms with van der Waals surface area (Å²) >= 11 is 0. The second-order valence-corrected chi connectivity index (χ2v) is 6.52. The van der Waals surface area contributed by atoms with E-state index in [-0.39, 0.29) is 36.8 Å². The number of hydrogen-bond donors (Lipinski definition) is 2. The molecule has 1 saturated heterocycles. The highest BCUT2D eigenvalue weighted by atomic mass is 19.2. The third-order valence-corrected chi connectivity index (χ3v) is 4.43. The first-order valence-electron chi connectivity index (χ1n) is 8.90. The number of hydrogen-bond acceptors (Lipinski definition) is 4. The summed E-state index contributed by atoms with van der Waals surface area (Å²) in [6.07, 6.45) is 0.381. The van der Waals surface area contributed by atoms with E-state index in [2.05, 4.69) is 5.32 Å². The Morgan fingerprint density at radius 1 is 0.900 bits per heavy atom. The van der Waals surface area contributed by atoms with Crippen LogP contribution in [0.2, 0.25) is 0 Å². The van der Waals surface area contributed by atoms with E-state index in [1.807, 2.05) is 5.32 Å². The van der Waals surface area contributed by atoms with Gasteiger partial charge in [-0.05, 0) is 29.8 Å². The van der Waals surface area contributed by atoms with Gasteiger partial charge >= 0.3 is 0 Å². The molecule has 4 amide bonds. The molecule has 0 atom stereocenters. The normalized spacial score (nSPS) is 13.5. The standard InChI is InChI=1S/C20H16F3N3O4/c21-13-5-6-14(19(23)18(13)22)25-15(27)9-24-20(30)12-3-1-11(2-4-12)10-26-16(28)7-8-17(26)29/h1-6H,7-10H2,(H,24,30)(H,25,27). The van der Waals surface area contributed by atoms with Gasteiger partial charge in [-0.3, -0.25) is 24.1 Å². The number of benzene rings is 2. The number of imide groups is 1. The summed E-state index contributed by atoms with van der Waals surface area (Å²) in [6, 6.07) is 7.60. The fourth-order valence-corrected chi connectivity index (χ4v) is 2.82. The molecule has 0 radical (unpaired) electrons. The van der Waals surface area contributed by atoms with Crippen LogP contribution < -0.4 is 10.6 Å². The maximum Gasteiger partial charge on any atom is 0.251 e. The highest BCUT2D eigenvalue weighted by Gasteiger charge is 2.28. The highest BCUT2D eigenvalue weighted by Crippen LogP contribution is 2.19. The van der Waals surface area contributed by atoms with Gasteiger partial charge in [0.25, 0.3) is 5.91 Å². The summed E-state index contributed by atoms with van der Waals surface area (Å²) in [7, 11) is 0. The van der Waals surface area contributed by atoms with Crippen LogP contribution in [0.5, 0.6) is 0 Å². The molecule has 2 aromatic carbocycles. The molecule has 0 spiro atoms. The number of nitrogens with one attached hydrogen (secondary N) is 2. The molecule has 3 rings (SSSR count). The molecule has 0 aromatic heterocycles. The zero-order valence-electron chi connectivity index (χ0n) is 15.5. The summed E-state index contributed by atoms with van der Waals surface area (Å²) in [5.74, 6) is -6.57. The van der Waals surface area contributed by atoms with Gasteiger partial charge in [0.05, 0.1) is 18.8 Å². The Balaban J connectivity index is 1.53. The van der Waals surface area contributed by atoms with Crippen LogP contribution in [-0.2, 0) is 20.9 Å². The number of rotatable bonds is 6. The van der Waals surface area contributed by atoms with Crippen molar-refractivity contribution in [3.63, 3.8) is 0 Å². The largest absolute Gasteiger partial charge is 0.343 e. The van der Waals surface area contributed by atoms with Gasteiger partial charge in [-0.15, -0.1) is 0 Å². The molecule has 156 valence electrons. The molecule has 7 nitrogen and oxygen atoms in total. The lowest BCUT2D eigenvalue weighted by Crippen LogP contribution is -2.33. The van der Waals surface area contributed by atoms with E-state index < -0.39 is 41.5 Å². The van der Waals surface area contributed by atoms with E-state index in [4.69, 9.17) is 0 Å². The second-order valence-electron chi connectivity index (χ2n) is 6.52. The number of likely N-dealkylation sites (tertiary alicyclic amines) is 1. The molecule has 30 heavy (non-hydrogen) atoms. The number of anilines is 1. The van der Waals surface area contributed by atoms with Crippen LogP contribution >= 0.6 is 0 Å². The zero-order chi connectivity index (χ0) is 21.8. The topological polar surface area (TPSA) is 95.6 Å². The Hall–Kier alpha value is -3.69. The van der Waals surface area contributed by atoms with E-state index in [1.165, 1.54) is 12.1 Å². The minimum absolute atomic E-state index is 0.113. The second kappa shape index (κ2) is 8.76. The molecule has 1 aliphatic heterocycles. The van der Waals surface area contributed by atoms with E-state index in [0.29, 0.717) is 11.6 Å². The van der Waals surface area contributed by atoms with Crippen LogP contribution in [-0.4, -0.2) is 35.1 Å². The summed E-state index contributed by atoms with van der Waals surface area (Å²) < 4.78 is 39.6. The van der Waals surface area contributed by atoms with E-state index in [0.717, 1.165) is 11.0 Å². The number of carbonyl (C=O) groups is 4. The van der Waals surface area contributed by atoms with Crippen LogP contribution in [0.25, 0.3) is 0 Å². The molecule has 0 bridgehead atoms. The molecule has 0 aliphatic carbocycles. The van der Waals surface area contributed by atoms with Gasteiger partial charge in [-0.2, -0.15) is 0 Å². The van der Waals surface area contributed by atoms with Gasteiger partial charge in [0.1, 0.15) is 0 Å². The SMILES string of the molecule is O=C(CNC(=O)c1ccc(CN2C(=O)CCC2=O)cc1)Nc1ccc(F)c(F)c1F. The molecule has 1 heterocycles. The fraction of sp³-hybridized carbons (Fsp3) is 0.200. The van der Waals surface area contributed by atoms with Crippen molar-refractivity contribution in [2.45, 2.75) is 19.4 Å². The van der Waals surface area contributed by atoms with Gasteiger partial charge in [0.2, 0.25) is 17.7 Å². The smallest absolute Gasteiger partial charge is 0.251 e. The molecule has 10 heteroatoms. The van der Waals surface area contributed by atoms with Crippen molar-refractivity contribution in [2.75, 3.05) is 11.9 Å². The third kappa shape index (κ3) is 4.65.